The summed E-state index contributed by atoms with van der Waals surface area (Å²) in [5.74, 6) is -1.21. The number of amides is 2. The fourth-order valence-electron chi connectivity index (χ4n) is 3.34. The number of carbonyl (C=O) groups excluding carboxylic acids is 2. The summed E-state index contributed by atoms with van der Waals surface area (Å²) in [6.45, 7) is 0.840. The van der Waals surface area contributed by atoms with Gasteiger partial charge in [0.15, 0.2) is 12.6 Å². The predicted octanol–water partition coefficient (Wildman–Crippen LogP) is 2.25. The van der Waals surface area contributed by atoms with Gasteiger partial charge in [-0.2, -0.15) is 0 Å². The molecule has 2 aromatic carbocycles. The van der Waals surface area contributed by atoms with Crippen LogP contribution in [0.2, 0.25) is 0 Å². The smallest absolute Gasteiger partial charge is 0.330 e. The molecular weight excluding hydrogens is 372 g/mol. The van der Waals surface area contributed by atoms with E-state index in [1.807, 2.05) is 18.2 Å². The monoisotopic (exact) mass is 396 g/mol. The van der Waals surface area contributed by atoms with Gasteiger partial charge in [0.2, 0.25) is 5.91 Å². The van der Waals surface area contributed by atoms with E-state index >= 15 is 0 Å². The topological polar surface area (TPSA) is 95.9 Å². The van der Waals surface area contributed by atoms with Crippen molar-refractivity contribution in [2.75, 3.05) is 19.7 Å². The maximum absolute atomic E-state index is 12.6. The molecule has 7 heteroatoms. The largest absolute Gasteiger partial charge is 0.484 e. The van der Waals surface area contributed by atoms with Crippen molar-refractivity contribution in [1.29, 1.82) is 0 Å². The van der Waals surface area contributed by atoms with Crippen molar-refractivity contribution in [2.24, 2.45) is 5.92 Å². The fraction of sp³-hybridized carbons (Fsp3) is 0.318. The first kappa shape index (κ1) is 20.4. The number of carboxylic acids is 1. The van der Waals surface area contributed by atoms with Crippen molar-refractivity contribution in [2.45, 2.75) is 18.9 Å². The second-order valence-corrected chi connectivity index (χ2v) is 6.95. The van der Waals surface area contributed by atoms with E-state index < -0.39 is 12.0 Å². The Balaban J connectivity index is 1.48. The summed E-state index contributed by atoms with van der Waals surface area (Å²) in [5.41, 5.74) is 0.527. The lowest BCUT2D eigenvalue weighted by molar-refractivity contribution is -0.143. The quantitative estimate of drug-likeness (QED) is 0.748. The van der Waals surface area contributed by atoms with Crippen molar-refractivity contribution in [3.05, 3.63) is 66.2 Å². The molecule has 1 saturated heterocycles. The third-order valence-electron chi connectivity index (χ3n) is 4.99. The van der Waals surface area contributed by atoms with Crippen LogP contribution in [0, 0.1) is 5.92 Å². The number of hydrogen-bond donors (Lipinski definition) is 2. The van der Waals surface area contributed by atoms with Crippen LogP contribution in [0.5, 0.6) is 5.75 Å². The molecule has 1 atom stereocenters. The number of nitrogens with zero attached hydrogens (tertiary/aromatic N) is 1. The molecule has 152 valence electrons. The van der Waals surface area contributed by atoms with Gasteiger partial charge in [0, 0.05) is 19.0 Å². The Bertz CT molecular complexity index is 833. The van der Waals surface area contributed by atoms with Crippen molar-refractivity contribution in [3.63, 3.8) is 0 Å². The number of para-hydroxylation sites is 1. The molecule has 1 fully saturated rings. The molecule has 29 heavy (non-hydrogen) atoms. The van der Waals surface area contributed by atoms with Gasteiger partial charge in [0.05, 0.1) is 0 Å². The first-order valence-corrected chi connectivity index (χ1v) is 9.58. The van der Waals surface area contributed by atoms with Crippen LogP contribution in [-0.4, -0.2) is 47.5 Å². The van der Waals surface area contributed by atoms with Crippen molar-refractivity contribution in [1.82, 2.24) is 10.2 Å². The van der Waals surface area contributed by atoms with Crippen molar-refractivity contribution < 1.29 is 24.2 Å². The Morgan fingerprint density at radius 1 is 1.00 bits per heavy atom. The Morgan fingerprint density at radius 3 is 2.17 bits per heavy atom. The Kier molecular flexibility index (Phi) is 6.84. The number of benzene rings is 2. The number of piperidine rings is 1. The minimum Gasteiger partial charge on any atom is -0.484 e. The Labute approximate surface area is 169 Å². The highest BCUT2D eigenvalue weighted by atomic mass is 16.5. The molecule has 7 nitrogen and oxygen atoms in total. The van der Waals surface area contributed by atoms with Gasteiger partial charge in [0.25, 0.3) is 5.91 Å². The minimum absolute atomic E-state index is 0.0457. The van der Waals surface area contributed by atoms with Gasteiger partial charge in [-0.05, 0) is 30.5 Å². The zero-order valence-corrected chi connectivity index (χ0v) is 16.0. The van der Waals surface area contributed by atoms with E-state index in [-0.39, 0.29) is 24.3 Å². The minimum atomic E-state index is -1.10. The molecule has 2 amide bonds. The van der Waals surface area contributed by atoms with Gasteiger partial charge in [-0.3, -0.25) is 9.59 Å². The average Bonchev–Trinajstić information content (AvgIpc) is 2.77. The average molecular weight is 396 g/mol. The SMILES string of the molecule is O=C(NC(C(=O)O)c1ccccc1)C1CCN(C(=O)COc2ccccc2)CC1. The van der Waals surface area contributed by atoms with Gasteiger partial charge in [-0.15, -0.1) is 0 Å². The van der Waals surface area contributed by atoms with Gasteiger partial charge >= 0.3 is 5.97 Å². The van der Waals surface area contributed by atoms with Crippen molar-refractivity contribution >= 4 is 17.8 Å². The molecule has 3 rings (SSSR count). The summed E-state index contributed by atoms with van der Waals surface area (Å²) in [6.07, 6.45) is 0.980. The van der Waals surface area contributed by atoms with E-state index in [0.717, 1.165) is 0 Å². The number of carbonyl (C=O) groups is 3. The summed E-state index contributed by atoms with van der Waals surface area (Å²) in [4.78, 5) is 38.1. The van der Waals surface area contributed by atoms with E-state index in [0.29, 0.717) is 37.2 Å². The Morgan fingerprint density at radius 2 is 1.59 bits per heavy atom. The molecule has 1 aliphatic rings. The highest BCUT2D eigenvalue weighted by molar-refractivity contribution is 5.86. The van der Waals surface area contributed by atoms with Gasteiger partial charge in [0.1, 0.15) is 5.75 Å². The highest BCUT2D eigenvalue weighted by Gasteiger charge is 2.30. The van der Waals surface area contributed by atoms with Crippen LogP contribution in [0.1, 0.15) is 24.4 Å². The molecule has 1 unspecified atom stereocenters. The van der Waals surface area contributed by atoms with Crippen LogP contribution in [0.4, 0.5) is 0 Å². The van der Waals surface area contributed by atoms with E-state index in [9.17, 15) is 19.5 Å². The lowest BCUT2D eigenvalue weighted by atomic mass is 9.95. The third kappa shape index (κ3) is 5.57. The maximum Gasteiger partial charge on any atom is 0.330 e. The maximum atomic E-state index is 12.6. The van der Waals surface area contributed by atoms with Crippen LogP contribution in [0.3, 0.4) is 0 Å². The standard InChI is InChI=1S/C22H24N2O5/c25-19(15-29-18-9-5-2-6-10-18)24-13-11-17(12-14-24)21(26)23-20(22(27)28)16-7-3-1-4-8-16/h1-10,17,20H,11-15H2,(H,23,26)(H,27,28). The number of carboxylic acid groups (broad SMARTS) is 1. The van der Waals surface area contributed by atoms with Gasteiger partial charge < -0.3 is 20.1 Å². The molecule has 1 aliphatic heterocycles. The summed E-state index contributed by atoms with van der Waals surface area (Å²) in [7, 11) is 0. The third-order valence-corrected chi connectivity index (χ3v) is 4.99. The fourth-order valence-corrected chi connectivity index (χ4v) is 3.34. The number of nitrogens with one attached hydrogen (secondary N) is 1. The molecule has 0 aromatic heterocycles. The second kappa shape index (κ2) is 9.73. The van der Waals surface area contributed by atoms with Crippen LogP contribution in [0.15, 0.2) is 60.7 Å². The van der Waals surface area contributed by atoms with Crippen molar-refractivity contribution in [3.8, 4) is 5.75 Å². The number of hydrogen-bond acceptors (Lipinski definition) is 4. The molecule has 0 radical (unpaired) electrons. The zero-order valence-electron chi connectivity index (χ0n) is 16.0. The molecule has 0 bridgehead atoms. The highest BCUT2D eigenvalue weighted by Crippen LogP contribution is 2.20. The summed E-state index contributed by atoms with van der Waals surface area (Å²) >= 11 is 0. The normalized spacial score (nSPS) is 15.4. The number of rotatable bonds is 7. The van der Waals surface area contributed by atoms with Crippen LogP contribution in [-0.2, 0) is 14.4 Å². The lowest BCUT2D eigenvalue weighted by Gasteiger charge is -2.31. The van der Waals surface area contributed by atoms with Gasteiger partial charge in [-0.25, -0.2) is 4.79 Å². The lowest BCUT2D eigenvalue weighted by Crippen LogP contribution is -2.45. The van der Waals surface area contributed by atoms with E-state index in [1.54, 1.807) is 47.4 Å². The van der Waals surface area contributed by atoms with E-state index in [1.165, 1.54) is 0 Å². The van der Waals surface area contributed by atoms with Gasteiger partial charge in [-0.1, -0.05) is 48.5 Å². The second-order valence-electron chi connectivity index (χ2n) is 6.95. The first-order valence-electron chi connectivity index (χ1n) is 9.58. The summed E-state index contributed by atoms with van der Waals surface area (Å²) in [5, 5.41) is 12.1. The predicted molar refractivity (Wildman–Crippen MR) is 106 cm³/mol. The van der Waals surface area contributed by atoms with E-state index in [4.69, 9.17) is 4.74 Å². The molecule has 1 heterocycles. The van der Waals surface area contributed by atoms with Crippen LogP contribution in [0.25, 0.3) is 0 Å². The number of ether oxygens (including phenoxy) is 1. The Hall–Kier alpha value is -3.35. The zero-order chi connectivity index (χ0) is 20.6. The first-order chi connectivity index (χ1) is 14.0. The number of likely N-dealkylation sites (tertiary alicyclic amines) is 1. The molecule has 2 N–H and O–H groups in total. The summed E-state index contributed by atoms with van der Waals surface area (Å²) < 4.78 is 5.49. The molecular formula is C22H24N2O5. The molecule has 2 aromatic rings. The molecule has 0 saturated carbocycles. The molecule has 0 aliphatic carbocycles. The molecule has 0 spiro atoms. The van der Waals surface area contributed by atoms with E-state index in [2.05, 4.69) is 5.32 Å². The number of aliphatic carboxylic acids is 1. The summed E-state index contributed by atoms with van der Waals surface area (Å²) in [6, 6.07) is 16.6. The van der Waals surface area contributed by atoms with Crippen LogP contribution < -0.4 is 10.1 Å². The van der Waals surface area contributed by atoms with Crippen LogP contribution >= 0.6 is 0 Å².